The number of benzene rings is 3. The van der Waals surface area contributed by atoms with E-state index in [1.54, 1.807) is 30.3 Å². The molecule has 228 valence electrons. The molecule has 0 aliphatic carbocycles. The first-order chi connectivity index (χ1) is 20.8. The van der Waals surface area contributed by atoms with Gasteiger partial charge in [-0.25, -0.2) is 4.79 Å². The lowest BCUT2D eigenvalue weighted by atomic mass is 10.0. The number of carbonyl (C=O) groups is 3. The minimum absolute atomic E-state index is 0.0462. The average molecular weight is 608 g/mol. The molecule has 0 spiro atoms. The number of ether oxygens (including phenoxy) is 2. The lowest BCUT2D eigenvalue weighted by Gasteiger charge is -2.36. The van der Waals surface area contributed by atoms with Crippen molar-refractivity contribution in [2.75, 3.05) is 11.1 Å². The van der Waals surface area contributed by atoms with E-state index in [0.29, 0.717) is 42.0 Å². The maximum absolute atomic E-state index is 12.4. The predicted molar refractivity (Wildman–Crippen MR) is 163 cm³/mol. The molecule has 3 unspecified atom stereocenters. The second-order valence-electron chi connectivity index (χ2n) is 10.4. The Kier molecular flexibility index (Phi) is 12.2. The third-order valence-corrected chi connectivity index (χ3v) is 8.37. The topological polar surface area (TPSA) is 142 Å². The highest BCUT2D eigenvalue weighted by Gasteiger charge is 2.32. The number of rotatable bonds is 15. The third kappa shape index (κ3) is 9.93. The summed E-state index contributed by atoms with van der Waals surface area (Å²) in [4.78, 5) is 35.3. The molecule has 0 aromatic heterocycles. The first-order valence-corrected chi connectivity index (χ1v) is 15.4. The van der Waals surface area contributed by atoms with E-state index in [4.69, 9.17) is 14.6 Å². The summed E-state index contributed by atoms with van der Waals surface area (Å²) < 4.78 is 12.7. The van der Waals surface area contributed by atoms with Crippen LogP contribution in [0.25, 0.3) is 0 Å². The first kappa shape index (κ1) is 32.2. The average Bonchev–Trinajstić information content (AvgIpc) is 3.02. The minimum atomic E-state index is -0.973. The molecule has 0 bridgehead atoms. The van der Waals surface area contributed by atoms with Gasteiger partial charge in [0, 0.05) is 41.2 Å². The number of aliphatic carboxylic acids is 1. The summed E-state index contributed by atoms with van der Waals surface area (Å²) in [5.74, 6) is -1.34. The summed E-state index contributed by atoms with van der Waals surface area (Å²) in [5, 5.41) is 30.6. The van der Waals surface area contributed by atoms with Gasteiger partial charge in [-0.3, -0.25) is 9.59 Å². The number of carbonyl (C=O) groups excluding carboxylic acids is 1. The summed E-state index contributed by atoms with van der Waals surface area (Å²) >= 11 is 1.44. The van der Waals surface area contributed by atoms with Gasteiger partial charge in [0.15, 0.2) is 6.29 Å². The number of thioether (sulfide) groups is 1. The van der Waals surface area contributed by atoms with Gasteiger partial charge in [-0.15, -0.1) is 11.8 Å². The van der Waals surface area contributed by atoms with Gasteiger partial charge in [-0.2, -0.15) is 0 Å². The van der Waals surface area contributed by atoms with Crippen molar-refractivity contribution in [1.82, 2.24) is 0 Å². The molecule has 1 aliphatic heterocycles. The van der Waals surface area contributed by atoms with Crippen molar-refractivity contribution in [3.05, 3.63) is 95.1 Å². The highest BCUT2D eigenvalue weighted by molar-refractivity contribution is 7.99. The summed E-state index contributed by atoms with van der Waals surface area (Å²) in [6, 6.07) is 21.8. The predicted octanol–water partition coefficient (Wildman–Crippen LogP) is 6.58. The van der Waals surface area contributed by atoms with Gasteiger partial charge in [-0.1, -0.05) is 61.4 Å². The Hall–Kier alpha value is -3.70. The van der Waals surface area contributed by atoms with Crippen molar-refractivity contribution < 1.29 is 39.2 Å². The van der Waals surface area contributed by atoms with E-state index in [1.807, 2.05) is 42.5 Å². The number of unbranched alkanes of at least 4 members (excludes halogenated alkanes) is 3. The van der Waals surface area contributed by atoms with Gasteiger partial charge < -0.3 is 30.1 Å². The normalized spacial score (nSPS) is 18.2. The fourth-order valence-electron chi connectivity index (χ4n) is 4.84. The van der Waals surface area contributed by atoms with Crippen molar-refractivity contribution >= 4 is 35.3 Å². The van der Waals surface area contributed by atoms with Crippen LogP contribution in [-0.2, 0) is 25.7 Å². The number of anilines is 1. The zero-order valence-corrected chi connectivity index (χ0v) is 24.6. The van der Waals surface area contributed by atoms with Crippen molar-refractivity contribution in [1.29, 1.82) is 0 Å². The molecule has 0 saturated carbocycles. The molecule has 43 heavy (non-hydrogen) atoms. The van der Waals surface area contributed by atoms with E-state index in [1.165, 1.54) is 11.8 Å². The number of hydrogen-bond acceptors (Lipinski definition) is 7. The van der Waals surface area contributed by atoms with Crippen LogP contribution in [0.4, 0.5) is 5.69 Å². The minimum Gasteiger partial charge on any atom is -0.481 e. The Morgan fingerprint density at radius 1 is 0.814 bits per heavy atom. The van der Waals surface area contributed by atoms with Crippen LogP contribution in [-0.4, -0.2) is 45.0 Å². The van der Waals surface area contributed by atoms with Crippen molar-refractivity contribution in [3.8, 4) is 0 Å². The molecule has 1 aliphatic rings. The van der Waals surface area contributed by atoms with Gasteiger partial charge in [-0.05, 0) is 48.2 Å². The van der Waals surface area contributed by atoms with Crippen LogP contribution in [0.3, 0.4) is 0 Å². The highest BCUT2D eigenvalue weighted by Crippen LogP contribution is 2.40. The molecule has 0 radical (unpaired) electrons. The van der Waals surface area contributed by atoms with Crippen LogP contribution in [0.1, 0.15) is 84.4 Å². The van der Waals surface area contributed by atoms with E-state index in [2.05, 4.69) is 5.32 Å². The van der Waals surface area contributed by atoms with E-state index in [9.17, 15) is 24.6 Å². The SMILES string of the molecule is O=C(O)CCCCCCC(=O)Nc1ccc(C2OC(CSc3ccccc3C(=O)O)CC(c3ccc(CO)cc3)O2)cc1. The van der Waals surface area contributed by atoms with Crippen molar-refractivity contribution in [2.24, 2.45) is 0 Å². The lowest BCUT2D eigenvalue weighted by molar-refractivity contribution is -0.245. The summed E-state index contributed by atoms with van der Waals surface area (Å²) in [6.07, 6.45) is 2.82. The van der Waals surface area contributed by atoms with Crippen LogP contribution >= 0.6 is 11.8 Å². The van der Waals surface area contributed by atoms with Gasteiger partial charge >= 0.3 is 11.9 Å². The molecule has 1 heterocycles. The lowest BCUT2D eigenvalue weighted by Crippen LogP contribution is -2.31. The number of hydrogen-bond donors (Lipinski definition) is 4. The van der Waals surface area contributed by atoms with Crippen LogP contribution in [0.2, 0.25) is 0 Å². The molecule has 10 heteroatoms. The van der Waals surface area contributed by atoms with E-state index >= 15 is 0 Å². The Morgan fingerprint density at radius 2 is 1.49 bits per heavy atom. The Morgan fingerprint density at radius 3 is 2.16 bits per heavy atom. The molecular formula is C33H37NO8S. The largest absolute Gasteiger partial charge is 0.481 e. The van der Waals surface area contributed by atoms with Crippen LogP contribution in [0.15, 0.2) is 77.7 Å². The van der Waals surface area contributed by atoms with Gasteiger partial charge in [0.2, 0.25) is 5.91 Å². The smallest absolute Gasteiger partial charge is 0.336 e. The standard InChI is InChI=1S/C33H37NO8S/c35-20-22-11-13-23(14-12-22)28-19-26(21-43-29-8-6-5-7-27(29)32(39)40)41-33(42-28)24-15-17-25(18-16-24)34-30(36)9-3-1-2-4-10-31(37)38/h5-8,11-18,26,28,33,35H,1-4,9-10,19-21H2,(H,34,36)(H,37,38)(H,39,40). The number of carboxylic acids is 2. The molecule has 3 atom stereocenters. The molecule has 1 saturated heterocycles. The van der Waals surface area contributed by atoms with Crippen LogP contribution < -0.4 is 5.32 Å². The number of aliphatic hydroxyl groups excluding tert-OH is 1. The maximum atomic E-state index is 12.4. The molecule has 4 N–H and O–H groups in total. The molecular weight excluding hydrogens is 570 g/mol. The van der Waals surface area contributed by atoms with E-state index in [-0.39, 0.29) is 36.7 Å². The Labute approximate surface area is 255 Å². The van der Waals surface area contributed by atoms with Crippen LogP contribution in [0.5, 0.6) is 0 Å². The second kappa shape index (κ2) is 16.2. The number of amides is 1. The summed E-state index contributed by atoms with van der Waals surface area (Å²) in [5.41, 5.74) is 3.46. The molecule has 3 aromatic rings. The van der Waals surface area contributed by atoms with E-state index in [0.717, 1.165) is 29.5 Å². The molecule has 1 fully saturated rings. The summed E-state index contributed by atoms with van der Waals surface area (Å²) in [6.45, 7) is -0.0462. The van der Waals surface area contributed by atoms with Gasteiger partial charge in [0.1, 0.15) is 0 Å². The highest BCUT2D eigenvalue weighted by atomic mass is 32.2. The van der Waals surface area contributed by atoms with Gasteiger partial charge in [0.05, 0.1) is 24.4 Å². The van der Waals surface area contributed by atoms with Crippen LogP contribution in [0, 0.1) is 0 Å². The zero-order valence-electron chi connectivity index (χ0n) is 23.8. The number of aliphatic hydroxyl groups is 1. The Bertz CT molecular complexity index is 1360. The maximum Gasteiger partial charge on any atom is 0.336 e. The second-order valence-corrected chi connectivity index (χ2v) is 11.5. The van der Waals surface area contributed by atoms with Crippen molar-refractivity contribution in [3.63, 3.8) is 0 Å². The molecule has 1 amide bonds. The quantitative estimate of drug-likeness (QED) is 0.111. The molecule has 3 aromatic carbocycles. The van der Waals surface area contributed by atoms with Crippen molar-refractivity contribution in [2.45, 2.75) is 74.9 Å². The third-order valence-electron chi connectivity index (χ3n) is 7.17. The monoisotopic (exact) mass is 607 g/mol. The van der Waals surface area contributed by atoms with Gasteiger partial charge in [0.25, 0.3) is 0 Å². The number of nitrogens with one attached hydrogen (secondary N) is 1. The first-order valence-electron chi connectivity index (χ1n) is 14.4. The molecule has 9 nitrogen and oxygen atoms in total. The molecule has 4 rings (SSSR count). The number of aromatic carboxylic acids is 1. The number of carboxylic acid groups (broad SMARTS) is 2. The fraction of sp³-hybridized carbons (Fsp3) is 0.364. The summed E-state index contributed by atoms with van der Waals surface area (Å²) in [7, 11) is 0. The Balaban J connectivity index is 1.39. The fourth-order valence-corrected chi connectivity index (χ4v) is 5.90. The zero-order chi connectivity index (χ0) is 30.6. The van der Waals surface area contributed by atoms with E-state index < -0.39 is 18.2 Å².